The Morgan fingerprint density at radius 2 is 2.18 bits per heavy atom. The van der Waals surface area contributed by atoms with Crippen molar-refractivity contribution in [1.29, 1.82) is 0 Å². The molecule has 0 radical (unpaired) electrons. The van der Waals surface area contributed by atoms with E-state index in [1.807, 2.05) is 12.1 Å². The van der Waals surface area contributed by atoms with E-state index < -0.39 is 0 Å². The molecule has 1 fully saturated rings. The molecule has 0 spiro atoms. The van der Waals surface area contributed by atoms with Gasteiger partial charge in [-0.1, -0.05) is 0 Å². The SMILES string of the molecule is NCc1cc(-c2ccc(Br)s2)nc(C2CC2)n1. The van der Waals surface area contributed by atoms with Crippen molar-refractivity contribution >= 4 is 27.3 Å². The zero-order chi connectivity index (χ0) is 11.8. The Balaban J connectivity index is 2.05. The van der Waals surface area contributed by atoms with Gasteiger partial charge in [-0.3, -0.25) is 0 Å². The lowest BCUT2D eigenvalue weighted by molar-refractivity contribution is 0.871. The third kappa shape index (κ3) is 2.41. The van der Waals surface area contributed by atoms with E-state index in [2.05, 4.69) is 32.0 Å². The van der Waals surface area contributed by atoms with Crippen molar-refractivity contribution < 1.29 is 0 Å². The van der Waals surface area contributed by atoms with Gasteiger partial charge >= 0.3 is 0 Å². The molecule has 0 bridgehead atoms. The van der Waals surface area contributed by atoms with E-state index in [1.165, 1.54) is 12.8 Å². The molecule has 1 aliphatic rings. The molecule has 17 heavy (non-hydrogen) atoms. The van der Waals surface area contributed by atoms with Gasteiger partial charge in [0, 0.05) is 12.5 Å². The number of halogens is 1. The fraction of sp³-hybridized carbons (Fsp3) is 0.333. The predicted molar refractivity (Wildman–Crippen MR) is 72.9 cm³/mol. The highest BCUT2D eigenvalue weighted by molar-refractivity contribution is 9.11. The number of hydrogen-bond donors (Lipinski definition) is 1. The van der Waals surface area contributed by atoms with Gasteiger partial charge in [-0.05, 0) is 47.0 Å². The molecular weight excluding hydrogens is 298 g/mol. The summed E-state index contributed by atoms with van der Waals surface area (Å²) in [7, 11) is 0. The number of nitrogens with zero attached hydrogens (tertiary/aromatic N) is 2. The van der Waals surface area contributed by atoms with E-state index >= 15 is 0 Å². The van der Waals surface area contributed by atoms with Crippen LogP contribution in [0.5, 0.6) is 0 Å². The summed E-state index contributed by atoms with van der Waals surface area (Å²) in [6, 6.07) is 6.11. The Morgan fingerprint density at radius 3 is 2.76 bits per heavy atom. The summed E-state index contributed by atoms with van der Waals surface area (Å²) in [5.74, 6) is 1.52. The molecule has 0 atom stereocenters. The average Bonchev–Trinajstić information content (AvgIpc) is 3.11. The van der Waals surface area contributed by atoms with Crippen LogP contribution in [0.2, 0.25) is 0 Å². The van der Waals surface area contributed by atoms with Crippen LogP contribution in [0.15, 0.2) is 22.0 Å². The second-order valence-electron chi connectivity index (χ2n) is 4.18. The first-order valence-corrected chi connectivity index (χ1v) is 7.21. The molecule has 0 saturated heterocycles. The number of aromatic nitrogens is 2. The molecule has 5 heteroatoms. The highest BCUT2D eigenvalue weighted by atomic mass is 79.9. The first kappa shape index (κ1) is 11.3. The van der Waals surface area contributed by atoms with Crippen molar-refractivity contribution in [3.63, 3.8) is 0 Å². The van der Waals surface area contributed by atoms with Gasteiger partial charge in [0.15, 0.2) is 0 Å². The van der Waals surface area contributed by atoms with Crippen LogP contribution in [0.4, 0.5) is 0 Å². The van der Waals surface area contributed by atoms with E-state index in [-0.39, 0.29) is 0 Å². The normalized spacial score (nSPS) is 15.2. The summed E-state index contributed by atoms with van der Waals surface area (Å²) >= 11 is 5.16. The van der Waals surface area contributed by atoms with E-state index in [0.29, 0.717) is 12.5 Å². The summed E-state index contributed by atoms with van der Waals surface area (Å²) in [4.78, 5) is 10.3. The third-order valence-electron chi connectivity index (χ3n) is 2.77. The monoisotopic (exact) mass is 309 g/mol. The zero-order valence-electron chi connectivity index (χ0n) is 9.19. The summed E-state index contributed by atoms with van der Waals surface area (Å²) in [5, 5.41) is 0. The van der Waals surface area contributed by atoms with Crippen molar-refractivity contribution in [2.45, 2.75) is 25.3 Å². The van der Waals surface area contributed by atoms with Crippen LogP contribution in [-0.4, -0.2) is 9.97 Å². The first-order chi connectivity index (χ1) is 8.26. The Bertz CT molecular complexity index is 548. The van der Waals surface area contributed by atoms with Gasteiger partial charge in [-0.25, -0.2) is 9.97 Å². The van der Waals surface area contributed by atoms with Gasteiger partial charge in [0.1, 0.15) is 5.82 Å². The molecule has 2 aromatic heterocycles. The van der Waals surface area contributed by atoms with E-state index in [0.717, 1.165) is 25.9 Å². The summed E-state index contributed by atoms with van der Waals surface area (Å²) in [5.41, 5.74) is 7.63. The second-order valence-corrected chi connectivity index (χ2v) is 6.65. The molecule has 0 aliphatic heterocycles. The van der Waals surface area contributed by atoms with Gasteiger partial charge in [-0.15, -0.1) is 11.3 Å². The fourth-order valence-electron chi connectivity index (χ4n) is 1.72. The highest BCUT2D eigenvalue weighted by Crippen LogP contribution is 2.39. The van der Waals surface area contributed by atoms with Crippen molar-refractivity contribution in [2.75, 3.05) is 0 Å². The van der Waals surface area contributed by atoms with Crippen molar-refractivity contribution in [1.82, 2.24) is 9.97 Å². The standard InChI is InChI=1S/C12H12BrN3S/c13-11-4-3-10(17-11)9-5-8(6-14)15-12(16-9)7-1-2-7/h3-5,7H,1-2,6,14H2. The molecule has 2 N–H and O–H groups in total. The van der Waals surface area contributed by atoms with Gasteiger partial charge < -0.3 is 5.73 Å². The van der Waals surface area contributed by atoms with E-state index in [4.69, 9.17) is 5.73 Å². The van der Waals surface area contributed by atoms with Crippen LogP contribution in [0.1, 0.15) is 30.3 Å². The molecular formula is C12H12BrN3S. The third-order valence-corrected chi connectivity index (χ3v) is 4.42. The minimum atomic E-state index is 0.474. The molecule has 2 aromatic rings. The lowest BCUT2D eigenvalue weighted by atomic mass is 10.2. The second kappa shape index (κ2) is 4.48. The van der Waals surface area contributed by atoms with Crippen LogP contribution in [0.25, 0.3) is 10.6 Å². The van der Waals surface area contributed by atoms with Crippen LogP contribution in [0.3, 0.4) is 0 Å². The predicted octanol–water partition coefficient (Wildman–Crippen LogP) is 3.30. The molecule has 3 rings (SSSR count). The Kier molecular flexibility index (Phi) is 2.98. The summed E-state index contributed by atoms with van der Waals surface area (Å²) in [6.45, 7) is 0.474. The Hall–Kier alpha value is -0.780. The lowest BCUT2D eigenvalue weighted by Crippen LogP contribution is -2.04. The van der Waals surface area contributed by atoms with Crippen LogP contribution in [0, 0.1) is 0 Å². The number of hydrogen-bond acceptors (Lipinski definition) is 4. The molecule has 0 aromatic carbocycles. The number of rotatable bonds is 3. The maximum atomic E-state index is 5.70. The van der Waals surface area contributed by atoms with Crippen LogP contribution in [-0.2, 0) is 6.54 Å². The van der Waals surface area contributed by atoms with Gasteiger partial charge in [0.05, 0.1) is 20.1 Å². The zero-order valence-corrected chi connectivity index (χ0v) is 11.6. The average molecular weight is 310 g/mol. The quantitative estimate of drug-likeness (QED) is 0.946. The number of thiophene rings is 1. The van der Waals surface area contributed by atoms with E-state index in [9.17, 15) is 0 Å². The molecule has 1 aliphatic carbocycles. The Labute approximate surface area is 112 Å². The van der Waals surface area contributed by atoms with Gasteiger partial charge in [0.25, 0.3) is 0 Å². The highest BCUT2D eigenvalue weighted by Gasteiger charge is 2.27. The minimum Gasteiger partial charge on any atom is -0.325 e. The van der Waals surface area contributed by atoms with Crippen molar-refractivity contribution in [2.24, 2.45) is 5.73 Å². The van der Waals surface area contributed by atoms with Gasteiger partial charge in [0.2, 0.25) is 0 Å². The largest absolute Gasteiger partial charge is 0.325 e. The molecule has 1 saturated carbocycles. The number of nitrogens with two attached hydrogens (primary N) is 1. The van der Waals surface area contributed by atoms with Gasteiger partial charge in [-0.2, -0.15) is 0 Å². The smallest absolute Gasteiger partial charge is 0.132 e. The van der Waals surface area contributed by atoms with Crippen molar-refractivity contribution in [3.05, 3.63) is 33.5 Å². The minimum absolute atomic E-state index is 0.474. The lowest BCUT2D eigenvalue weighted by Gasteiger charge is -2.04. The molecule has 0 unspecified atom stereocenters. The van der Waals surface area contributed by atoms with Crippen molar-refractivity contribution in [3.8, 4) is 10.6 Å². The van der Waals surface area contributed by atoms with Crippen LogP contribution >= 0.6 is 27.3 Å². The first-order valence-electron chi connectivity index (χ1n) is 5.60. The maximum absolute atomic E-state index is 5.70. The molecule has 3 nitrogen and oxygen atoms in total. The summed E-state index contributed by atoms with van der Waals surface area (Å²) < 4.78 is 1.12. The fourth-order valence-corrected chi connectivity index (χ4v) is 3.07. The molecule has 0 amide bonds. The summed E-state index contributed by atoms with van der Waals surface area (Å²) in [6.07, 6.45) is 2.42. The topological polar surface area (TPSA) is 51.8 Å². The maximum Gasteiger partial charge on any atom is 0.132 e. The van der Waals surface area contributed by atoms with Crippen LogP contribution < -0.4 is 5.73 Å². The molecule has 88 valence electrons. The molecule has 2 heterocycles. The Morgan fingerprint density at radius 1 is 1.35 bits per heavy atom. The van der Waals surface area contributed by atoms with E-state index in [1.54, 1.807) is 11.3 Å².